The summed E-state index contributed by atoms with van der Waals surface area (Å²) in [5.41, 5.74) is -1.25. The van der Waals surface area contributed by atoms with E-state index in [4.69, 9.17) is 39.5 Å². The number of aromatic nitrogens is 3. The lowest BCUT2D eigenvalue weighted by atomic mass is 9.74. The number of carbonyl (C=O) groups excluding carboxylic acids is 2. The Labute approximate surface area is 241 Å². The first kappa shape index (κ1) is 28.3. The number of aliphatic carboxylic acids is 1. The lowest BCUT2D eigenvalue weighted by molar-refractivity contribution is -0.150. The molecule has 210 valence electrons. The normalized spacial score (nSPS) is 29.9. The maximum absolute atomic E-state index is 14.0. The van der Waals surface area contributed by atoms with Gasteiger partial charge in [0.05, 0.1) is 63.1 Å². The van der Waals surface area contributed by atoms with Gasteiger partial charge in [-0.3, -0.25) is 24.0 Å². The highest BCUT2D eigenvalue weighted by atomic mass is 35.5. The third-order valence-electron chi connectivity index (χ3n) is 8.80. The third-order valence-corrected chi connectivity index (χ3v) is 9.75. The zero-order valence-corrected chi connectivity index (χ0v) is 24.2. The summed E-state index contributed by atoms with van der Waals surface area (Å²) in [5, 5.41) is 14.4. The van der Waals surface area contributed by atoms with Crippen LogP contribution in [0, 0.1) is 5.41 Å². The van der Waals surface area contributed by atoms with Gasteiger partial charge in [0.15, 0.2) is 5.78 Å². The van der Waals surface area contributed by atoms with Gasteiger partial charge in [0.1, 0.15) is 5.15 Å². The van der Waals surface area contributed by atoms with Crippen molar-refractivity contribution >= 4 is 52.5 Å². The molecule has 39 heavy (non-hydrogen) atoms. The molecule has 0 aromatic carbocycles. The van der Waals surface area contributed by atoms with E-state index in [1.165, 1.54) is 23.5 Å². The van der Waals surface area contributed by atoms with Gasteiger partial charge in [-0.25, -0.2) is 0 Å². The minimum absolute atomic E-state index is 0.109. The number of ether oxygens (including phenoxy) is 1. The van der Waals surface area contributed by atoms with Crippen LogP contribution >= 0.6 is 34.8 Å². The second kappa shape index (κ2) is 10.3. The van der Waals surface area contributed by atoms with E-state index in [-0.39, 0.29) is 51.1 Å². The predicted molar refractivity (Wildman–Crippen MR) is 146 cm³/mol. The maximum Gasteiger partial charge on any atom is 0.309 e. The molecular formula is C27H31Cl3N4O5. The molecule has 3 fully saturated rings. The maximum atomic E-state index is 14.0. The zero-order valence-electron chi connectivity index (χ0n) is 21.9. The Morgan fingerprint density at radius 3 is 2.18 bits per heavy atom. The molecule has 1 saturated carbocycles. The molecule has 2 bridgehead atoms. The second-order valence-corrected chi connectivity index (χ2v) is 12.9. The van der Waals surface area contributed by atoms with Crippen molar-refractivity contribution in [2.75, 3.05) is 13.1 Å². The summed E-state index contributed by atoms with van der Waals surface area (Å²) in [6.07, 6.45) is 9.59. The molecule has 3 aliphatic rings. The summed E-state index contributed by atoms with van der Waals surface area (Å²) in [6.45, 7) is 3.78. The molecule has 2 aliphatic heterocycles. The van der Waals surface area contributed by atoms with Crippen molar-refractivity contribution in [1.82, 2.24) is 19.7 Å². The number of fused-ring (bicyclic) bond motifs is 2. The Kier molecular flexibility index (Phi) is 7.50. The molecule has 9 nitrogen and oxygen atoms in total. The van der Waals surface area contributed by atoms with Crippen LogP contribution in [0.1, 0.15) is 92.0 Å². The summed E-state index contributed by atoms with van der Waals surface area (Å²) in [7, 11) is 0. The van der Waals surface area contributed by atoms with Crippen LogP contribution in [0.15, 0.2) is 18.6 Å². The fraction of sp³-hybridized carbons (Fsp3) is 0.593. The van der Waals surface area contributed by atoms with E-state index in [1.54, 1.807) is 11.6 Å². The summed E-state index contributed by atoms with van der Waals surface area (Å²) in [5.74, 6) is -1.67. The minimum Gasteiger partial charge on any atom is -0.481 e. The van der Waals surface area contributed by atoms with Crippen LogP contribution < -0.4 is 0 Å². The molecule has 0 radical (unpaired) electrons. The molecule has 0 atom stereocenters. The van der Waals surface area contributed by atoms with E-state index < -0.39 is 28.7 Å². The summed E-state index contributed by atoms with van der Waals surface area (Å²) < 4.78 is 8.00. The minimum atomic E-state index is -0.811. The van der Waals surface area contributed by atoms with E-state index in [0.29, 0.717) is 25.7 Å². The first-order chi connectivity index (χ1) is 18.4. The highest BCUT2D eigenvalue weighted by Crippen LogP contribution is 2.51. The van der Waals surface area contributed by atoms with E-state index in [2.05, 4.69) is 17.0 Å². The van der Waals surface area contributed by atoms with Gasteiger partial charge in [-0.15, -0.1) is 0 Å². The predicted octanol–water partition coefficient (Wildman–Crippen LogP) is 5.87. The van der Waals surface area contributed by atoms with Gasteiger partial charge in [0.25, 0.3) is 5.91 Å². The Morgan fingerprint density at radius 1 is 1.03 bits per heavy atom. The fourth-order valence-corrected chi connectivity index (χ4v) is 7.13. The van der Waals surface area contributed by atoms with Crippen LogP contribution in [-0.4, -0.2) is 66.7 Å². The Balaban J connectivity index is 1.40. The van der Waals surface area contributed by atoms with Crippen LogP contribution in [0.4, 0.5) is 0 Å². The Morgan fingerprint density at radius 2 is 1.64 bits per heavy atom. The molecule has 1 amide bonds. The number of pyridine rings is 1. The first-order valence-electron chi connectivity index (χ1n) is 13.1. The third kappa shape index (κ3) is 5.31. The summed E-state index contributed by atoms with van der Waals surface area (Å²) in [4.78, 5) is 44.4. The van der Waals surface area contributed by atoms with Gasteiger partial charge in [-0.1, -0.05) is 34.8 Å². The molecule has 0 spiro atoms. The van der Waals surface area contributed by atoms with Gasteiger partial charge in [0.2, 0.25) is 0 Å². The van der Waals surface area contributed by atoms with Crippen LogP contribution in [0.2, 0.25) is 15.2 Å². The highest BCUT2D eigenvalue weighted by Gasteiger charge is 2.54. The van der Waals surface area contributed by atoms with Crippen molar-refractivity contribution in [3.05, 3.63) is 44.9 Å². The second-order valence-electron chi connectivity index (χ2n) is 11.7. The lowest BCUT2D eigenvalue weighted by Gasteiger charge is -2.34. The molecule has 0 unspecified atom stereocenters. The van der Waals surface area contributed by atoms with Gasteiger partial charge >= 0.3 is 5.97 Å². The summed E-state index contributed by atoms with van der Waals surface area (Å²) >= 11 is 19.2. The van der Waals surface area contributed by atoms with Crippen molar-refractivity contribution in [1.29, 1.82) is 0 Å². The number of halogens is 3. The molecule has 2 aromatic heterocycles. The smallest absolute Gasteiger partial charge is 0.309 e. The highest BCUT2D eigenvalue weighted by molar-refractivity contribution is 6.39. The fourth-order valence-electron chi connectivity index (χ4n) is 6.24. The van der Waals surface area contributed by atoms with Crippen molar-refractivity contribution in [2.24, 2.45) is 5.41 Å². The lowest BCUT2D eigenvalue weighted by Crippen LogP contribution is -2.46. The number of carbonyl (C=O) groups is 3. The first-order valence-corrected chi connectivity index (χ1v) is 14.3. The molecular weight excluding hydrogens is 567 g/mol. The van der Waals surface area contributed by atoms with Gasteiger partial charge in [-0.05, 0) is 65.2 Å². The molecule has 1 N–H and O–H groups in total. The SMILES string of the molecule is CC12CCC(CN(CC(=O)c3c(Cl)cncc3Cl)C(=O)c3cnn([C@H]4CC[C@](C)(C(=O)O)CC4)c3Cl)(CC1)O2. The molecule has 2 saturated heterocycles. The average molecular weight is 598 g/mol. The molecule has 1 aliphatic carbocycles. The van der Waals surface area contributed by atoms with Crippen LogP contribution in [0.3, 0.4) is 0 Å². The molecule has 12 heteroatoms. The zero-order chi connectivity index (χ0) is 28.2. The van der Waals surface area contributed by atoms with E-state index in [0.717, 1.165) is 25.7 Å². The van der Waals surface area contributed by atoms with E-state index in [1.807, 2.05) is 0 Å². The standard InChI is InChI=1S/C27H31Cl3N4O5/c1-25(24(37)38)5-3-16(4-6-25)34-22(30)17(11-32-34)23(36)33(15-27-9-7-26(2,39-27)8-10-27)14-20(35)21-18(28)12-31-13-19(21)29/h11-13,16H,3-10,14-15H2,1-2H3,(H,37,38)/t16-,25-,26?,27?. The number of Topliss-reactive ketones (excluding diaryl/α,β-unsaturated/α-hetero) is 1. The van der Waals surface area contributed by atoms with Crippen molar-refractivity contribution in [3.8, 4) is 0 Å². The number of amides is 1. The number of hydrogen-bond acceptors (Lipinski definition) is 6. The molecule has 2 aromatic rings. The number of nitrogens with zero attached hydrogens (tertiary/aromatic N) is 4. The van der Waals surface area contributed by atoms with Crippen molar-refractivity contribution in [2.45, 2.75) is 82.5 Å². The quantitative estimate of drug-likeness (QED) is 0.378. The van der Waals surface area contributed by atoms with E-state index >= 15 is 0 Å². The number of hydrogen-bond donors (Lipinski definition) is 1. The topological polar surface area (TPSA) is 115 Å². The summed E-state index contributed by atoms with van der Waals surface area (Å²) in [6, 6.07) is -0.122. The number of carboxylic acid groups (broad SMARTS) is 1. The van der Waals surface area contributed by atoms with Gasteiger partial charge < -0.3 is 14.7 Å². The molecule has 4 heterocycles. The number of ketones is 1. The van der Waals surface area contributed by atoms with Gasteiger partial charge in [-0.2, -0.15) is 5.10 Å². The van der Waals surface area contributed by atoms with Crippen molar-refractivity contribution in [3.63, 3.8) is 0 Å². The van der Waals surface area contributed by atoms with E-state index in [9.17, 15) is 19.5 Å². The van der Waals surface area contributed by atoms with Gasteiger partial charge in [0, 0.05) is 12.4 Å². The molecule has 5 rings (SSSR count). The van der Waals surface area contributed by atoms with Crippen molar-refractivity contribution < 1.29 is 24.2 Å². The van der Waals surface area contributed by atoms with Crippen LogP contribution in [-0.2, 0) is 9.53 Å². The monoisotopic (exact) mass is 596 g/mol. The Hall–Kier alpha value is -2.20. The number of carboxylic acids is 1. The average Bonchev–Trinajstić information content (AvgIpc) is 3.53. The number of rotatable bonds is 8. The Bertz CT molecular complexity index is 1290. The largest absolute Gasteiger partial charge is 0.481 e. The van der Waals surface area contributed by atoms with Crippen LogP contribution in [0.5, 0.6) is 0 Å². The van der Waals surface area contributed by atoms with Crippen LogP contribution in [0.25, 0.3) is 0 Å².